The Balaban J connectivity index is 2.91. The van der Waals surface area contributed by atoms with Crippen LogP contribution in [-0.2, 0) is 0 Å². The smallest absolute Gasteiger partial charge is 0.0723 e. The van der Waals surface area contributed by atoms with E-state index in [1.807, 2.05) is 18.2 Å². The molecule has 2 heteroatoms. The van der Waals surface area contributed by atoms with Gasteiger partial charge >= 0.3 is 0 Å². The molecule has 2 aromatic rings. The van der Waals surface area contributed by atoms with Gasteiger partial charge in [-0.15, -0.1) is 0 Å². The first-order valence-corrected chi connectivity index (χ1v) is 3.38. The van der Waals surface area contributed by atoms with Crippen molar-refractivity contribution in [3.05, 3.63) is 36.5 Å². The zero-order valence-electron chi connectivity index (χ0n) is 5.91. The minimum absolute atomic E-state index is 0.756. The molecule has 0 aliphatic rings. The third-order valence-corrected chi connectivity index (χ3v) is 1.62. The van der Waals surface area contributed by atoms with Gasteiger partial charge in [-0.1, -0.05) is 6.07 Å². The van der Waals surface area contributed by atoms with Gasteiger partial charge in [0, 0.05) is 17.3 Å². The zero-order valence-corrected chi connectivity index (χ0v) is 5.91. The van der Waals surface area contributed by atoms with Crippen molar-refractivity contribution in [2.24, 2.45) is 0 Å². The highest BCUT2D eigenvalue weighted by molar-refractivity contribution is 5.89. The van der Waals surface area contributed by atoms with E-state index in [4.69, 9.17) is 5.73 Å². The minimum atomic E-state index is 0.756. The molecule has 11 heavy (non-hydrogen) atoms. The summed E-state index contributed by atoms with van der Waals surface area (Å²) in [5.41, 5.74) is 7.37. The average Bonchev–Trinajstić information content (AvgIpc) is 2.06. The number of benzene rings is 1. The molecule has 0 amide bonds. The van der Waals surface area contributed by atoms with Gasteiger partial charge in [0.05, 0.1) is 5.52 Å². The van der Waals surface area contributed by atoms with Crippen molar-refractivity contribution in [3.63, 3.8) is 0 Å². The van der Waals surface area contributed by atoms with Crippen LogP contribution in [0.1, 0.15) is 0 Å². The van der Waals surface area contributed by atoms with Crippen LogP contribution < -0.4 is 5.73 Å². The molecule has 1 radical (unpaired) electrons. The van der Waals surface area contributed by atoms with Gasteiger partial charge in [-0.3, -0.25) is 4.98 Å². The molecule has 0 spiro atoms. The van der Waals surface area contributed by atoms with E-state index in [0.717, 1.165) is 16.6 Å². The van der Waals surface area contributed by atoms with Crippen LogP contribution >= 0.6 is 0 Å². The monoisotopic (exact) mass is 143 g/mol. The van der Waals surface area contributed by atoms with Crippen molar-refractivity contribution in [2.45, 2.75) is 0 Å². The second-order valence-corrected chi connectivity index (χ2v) is 2.34. The summed E-state index contributed by atoms with van der Waals surface area (Å²) in [4.78, 5) is 4.14. The summed E-state index contributed by atoms with van der Waals surface area (Å²) >= 11 is 0. The number of rotatable bonds is 0. The van der Waals surface area contributed by atoms with Gasteiger partial charge < -0.3 is 5.73 Å². The highest BCUT2D eigenvalue weighted by Gasteiger charge is 1.94. The summed E-state index contributed by atoms with van der Waals surface area (Å²) in [5.74, 6) is 0. The van der Waals surface area contributed by atoms with E-state index in [9.17, 15) is 0 Å². The number of nitrogen functional groups attached to an aromatic ring is 1. The number of fused-ring (bicyclic) bond motifs is 1. The number of nitrogens with two attached hydrogens (primary N) is 1. The van der Waals surface area contributed by atoms with E-state index in [0.29, 0.717) is 0 Å². The second kappa shape index (κ2) is 2.23. The Hall–Kier alpha value is -1.57. The molecule has 1 aromatic carbocycles. The first-order chi connectivity index (χ1) is 5.38. The lowest BCUT2D eigenvalue weighted by atomic mass is 10.2. The fourth-order valence-electron chi connectivity index (χ4n) is 1.05. The first kappa shape index (κ1) is 6.16. The van der Waals surface area contributed by atoms with Crippen LogP contribution in [0.25, 0.3) is 10.9 Å². The number of hydrogen-bond acceptors (Lipinski definition) is 2. The quantitative estimate of drug-likeness (QED) is 0.608. The minimum Gasteiger partial charge on any atom is -0.398 e. The summed E-state index contributed by atoms with van der Waals surface area (Å²) < 4.78 is 0. The third kappa shape index (κ3) is 0.923. The molecule has 0 bridgehead atoms. The maximum absolute atomic E-state index is 5.70. The molecule has 2 rings (SSSR count). The van der Waals surface area contributed by atoms with Crippen LogP contribution in [0.15, 0.2) is 30.5 Å². The highest BCUT2D eigenvalue weighted by Crippen LogP contribution is 2.16. The molecule has 0 aliphatic carbocycles. The molecule has 0 aliphatic heterocycles. The molecule has 2 nitrogen and oxygen atoms in total. The van der Waals surface area contributed by atoms with Crippen LogP contribution in [0.2, 0.25) is 0 Å². The van der Waals surface area contributed by atoms with Gasteiger partial charge in [0.1, 0.15) is 0 Å². The molecule has 0 unspecified atom stereocenters. The number of anilines is 1. The van der Waals surface area contributed by atoms with Crippen molar-refractivity contribution in [2.75, 3.05) is 5.73 Å². The highest BCUT2D eigenvalue weighted by atomic mass is 14.7. The fourth-order valence-corrected chi connectivity index (χ4v) is 1.05. The summed E-state index contributed by atoms with van der Waals surface area (Å²) in [6.45, 7) is 0. The molecule has 0 atom stereocenters. The van der Waals surface area contributed by atoms with Crippen LogP contribution in [0, 0.1) is 6.07 Å². The van der Waals surface area contributed by atoms with E-state index < -0.39 is 0 Å². The lowest BCUT2D eigenvalue weighted by Crippen LogP contribution is -1.87. The number of pyridine rings is 1. The molecule has 1 heterocycles. The van der Waals surface area contributed by atoms with Crippen molar-refractivity contribution in [3.8, 4) is 0 Å². The van der Waals surface area contributed by atoms with Gasteiger partial charge in [-0.2, -0.15) is 0 Å². The SMILES string of the molecule is Nc1ccnc2cc[c]cc12. The van der Waals surface area contributed by atoms with Crippen LogP contribution in [-0.4, -0.2) is 4.98 Å². The Morgan fingerprint density at radius 2 is 2.27 bits per heavy atom. The number of aromatic nitrogens is 1. The molecule has 1 aromatic heterocycles. The summed E-state index contributed by atoms with van der Waals surface area (Å²) in [6, 6.07) is 10.3. The molecule has 53 valence electrons. The summed E-state index contributed by atoms with van der Waals surface area (Å²) in [7, 11) is 0. The van der Waals surface area contributed by atoms with Gasteiger partial charge in [-0.25, -0.2) is 0 Å². The molecule has 2 N–H and O–H groups in total. The first-order valence-electron chi connectivity index (χ1n) is 3.38. The largest absolute Gasteiger partial charge is 0.398 e. The summed E-state index contributed by atoms with van der Waals surface area (Å²) in [5, 5.41) is 0.968. The van der Waals surface area contributed by atoms with Crippen LogP contribution in [0.3, 0.4) is 0 Å². The molecular formula is C9H7N2. The van der Waals surface area contributed by atoms with E-state index in [-0.39, 0.29) is 0 Å². The third-order valence-electron chi connectivity index (χ3n) is 1.62. The van der Waals surface area contributed by atoms with E-state index >= 15 is 0 Å². The average molecular weight is 143 g/mol. The van der Waals surface area contributed by atoms with Gasteiger partial charge in [0.25, 0.3) is 0 Å². The second-order valence-electron chi connectivity index (χ2n) is 2.34. The Kier molecular flexibility index (Phi) is 1.25. The van der Waals surface area contributed by atoms with Crippen molar-refractivity contribution in [1.29, 1.82) is 0 Å². The molecule has 0 fully saturated rings. The van der Waals surface area contributed by atoms with Crippen molar-refractivity contribution < 1.29 is 0 Å². The van der Waals surface area contributed by atoms with Gasteiger partial charge in [0.2, 0.25) is 0 Å². The molecule has 0 saturated carbocycles. The zero-order chi connectivity index (χ0) is 7.68. The molecule has 0 saturated heterocycles. The summed E-state index contributed by atoms with van der Waals surface area (Å²) in [6.07, 6.45) is 1.71. The Morgan fingerprint density at radius 3 is 3.09 bits per heavy atom. The van der Waals surface area contributed by atoms with Gasteiger partial charge in [0.15, 0.2) is 0 Å². The lowest BCUT2D eigenvalue weighted by molar-refractivity contribution is 1.41. The number of hydrogen-bond donors (Lipinski definition) is 1. The van der Waals surface area contributed by atoms with E-state index in [1.165, 1.54) is 0 Å². The topological polar surface area (TPSA) is 38.9 Å². The molecular weight excluding hydrogens is 136 g/mol. The maximum atomic E-state index is 5.70. The van der Waals surface area contributed by atoms with Gasteiger partial charge in [-0.05, 0) is 24.3 Å². The van der Waals surface area contributed by atoms with E-state index in [1.54, 1.807) is 12.3 Å². The standard InChI is InChI=1S/C9H7N2/c10-8-5-6-11-9-4-2-1-3-7(8)9/h2-6H,(H2,10,11). The van der Waals surface area contributed by atoms with Crippen LogP contribution in [0.5, 0.6) is 0 Å². The maximum Gasteiger partial charge on any atom is 0.0723 e. The normalized spacial score (nSPS) is 10.2. The Morgan fingerprint density at radius 1 is 1.36 bits per heavy atom. The fraction of sp³-hybridized carbons (Fsp3) is 0. The Labute approximate surface area is 64.7 Å². The van der Waals surface area contributed by atoms with E-state index in [2.05, 4.69) is 11.1 Å². The van der Waals surface area contributed by atoms with Crippen molar-refractivity contribution >= 4 is 16.6 Å². The predicted octanol–water partition coefficient (Wildman–Crippen LogP) is 1.62. The van der Waals surface area contributed by atoms with Crippen molar-refractivity contribution in [1.82, 2.24) is 4.98 Å². The predicted molar refractivity (Wildman–Crippen MR) is 45.0 cm³/mol. The Bertz CT molecular complexity index is 377. The number of nitrogens with zero attached hydrogens (tertiary/aromatic N) is 1. The lowest BCUT2D eigenvalue weighted by Gasteiger charge is -1.97. The van der Waals surface area contributed by atoms with Crippen LogP contribution in [0.4, 0.5) is 5.69 Å².